The molecular weight excluding hydrogens is 235 g/mol. The predicted molar refractivity (Wildman–Crippen MR) is 67.9 cm³/mol. The molecule has 0 saturated heterocycles. The van der Waals surface area contributed by atoms with Crippen LogP contribution >= 0.6 is 0 Å². The van der Waals surface area contributed by atoms with Crippen LogP contribution < -0.4 is 15.4 Å². The molecule has 0 bridgehead atoms. The summed E-state index contributed by atoms with van der Waals surface area (Å²) in [6, 6.07) is 4.44. The first-order chi connectivity index (χ1) is 8.56. The Morgan fingerprint density at radius 3 is 2.78 bits per heavy atom. The van der Waals surface area contributed by atoms with Crippen LogP contribution in [0.2, 0.25) is 0 Å². The Morgan fingerprint density at radius 1 is 1.44 bits per heavy atom. The molecular formula is C13H19FN2O2. The van der Waals surface area contributed by atoms with Gasteiger partial charge in [0.1, 0.15) is 11.6 Å². The van der Waals surface area contributed by atoms with Gasteiger partial charge in [0.25, 0.3) is 5.91 Å². The topological polar surface area (TPSA) is 50.4 Å². The van der Waals surface area contributed by atoms with E-state index in [9.17, 15) is 9.18 Å². The summed E-state index contributed by atoms with van der Waals surface area (Å²) < 4.78 is 18.8. The molecule has 0 radical (unpaired) electrons. The van der Waals surface area contributed by atoms with E-state index in [2.05, 4.69) is 10.6 Å². The molecule has 0 spiro atoms. The Hall–Kier alpha value is -1.62. The number of amides is 1. The highest BCUT2D eigenvalue weighted by atomic mass is 19.1. The molecule has 0 aromatic heterocycles. The van der Waals surface area contributed by atoms with E-state index in [4.69, 9.17) is 4.74 Å². The van der Waals surface area contributed by atoms with E-state index in [0.717, 1.165) is 12.1 Å². The molecule has 5 heteroatoms. The van der Waals surface area contributed by atoms with Crippen molar-refractivity contribution in [2.75, 3.05) is 13.6 Å². The monoisotopic (exact) mass is 254 g/mol. The summed E-state index contributed by atoms with van der Waals surface area (Å²) >= 11 is 0. The number of halogens is 1. The average Bonchev–Trinajstić information content (AvgIpc) is 2.34. The van der Waals surface area contributed by atoms with Gasteiger partial charge in [-0.3, -0.25) is 4.79 Å². The molecule has 1 rings (SSSR count). The van der Waals surface area contributed by atoms with E-state index in [1.54, 1.807) is 13.0 Å². The third kappa shape index (κ3) is 4.33. The minimum Gasteiger partial charge on any atom is -0.481 e. The fraction of sp³-hybridized carbons (Fsp3) is 0.462. The lowest BCUT2D eigenvalue weighted by Gasteiger charge is -2.14. The number of nitrogens with one attached hydrogen (secondary N) is 2. The number of carbonyl (C=O) groups excluding carboxylic acids is 1. The van der Waals surface area contributed by atoms with Crippen molar-refractivity contribution in [3.63, 3.8) is 0 Å². The van der Waals surface area contributed by atoms with Gasteiger partial charge in [-0.1, -0.05) is 6.92 Å². The number of ether oxygens (including phenoxy) is 1. The first kappa shape index (κ1) is 14.4. The van der Waals surface area contributed by atoms with Crippen molar-refractivity contribution in [2.24, 2.45) is 0 Å². The number of carbonyl (C=O) groups is 1. The van der Waals surface area contributed by atoms with Gasteiger partial charge in [-0.15, -0.1) is 0 Å². The van der Waals surface area contributed by atoms with E-state index in [1.807, 2.05) is 6.92 Å². The zero-order valence-electron chi connectivity index (χ0n) is 10.9. The molecule has 0 heterocycles. The number of benzene rings is 1. The Morgan fingerprint density at radius 2 is 2.17 bits per heavy atom. The van der Waals surface area contributed by atoms with Gasteiger partial charge in [0, 0.05) is 19.7 Å². The van der Waals surface area contributed by atoms with Gasteiger partial charge < -0.3 is 15.4 Å². The molecule has 1 amide bonds. The summed E-state index contributed by atoms with van der Waals surface area (Å²) in [6.45, 7) is 4.97. The van der Waals surface area contributed by atoms with Crippen LogP contribution in [0, 0.1) is 5.82 Å². The van der Waals surface area contributed by atoms with Gasteiger partial charge in [-0.2, -0.15) is 0 Å². The fourth-order valence-corrected chi connectivity index (χ4v) is 1.52. The first-order valence-corrected chi connectivity index (χ1v) is 5.95. The number of rotatable bonds is 6. The van der Waals surface area contributed by atoms with Crippen LogP contribution in [-0.2, 0) is 11.3 Å². The SMILES string of the molecule is CCNCc1cc(F)cc(OC(C)C(=O)NC)c1. The average molecular weight is 254 g/mol. The van der Waals surface area contributed by atoms with Crippen LogP contribution in [0.25, 0.3) is 0 Å². The van der Waals surface area contributed by atoms with Crippen LogP contribution in [0.3, 0.4) is 0 Å². The van der Waals surface area contributed by atoms with Crippen LogP contribution in [0.4, 0.5) is 4.39 Å². The largest absolute Gasteiger partial charge is 0.481 e. The minimum atomic E-state index is -0.649. The lowest BCUT2D eigenvalue weighted by atomic mass is 10.2. The molecule has 1 aromatic rings. The minimum absolute atomic E-state index is 0.243. The number of hydrogen-bond donors (Lipinski definition) is 2. The molecule has 0 saturated carbocycles. The Labute approximate surface area is 107 Å². The van der Waals surface area contributed by atoms with Crippen LogP contribution in [0.1, 0.15) is 19.4 Å². The van der Waals surface area contributed by atoms with Crippen molar-refractivity contribution < 1.29 is 13.9 Å². The molecule has 2 N–H and O–H groups in total. The summed E-state index contributed by atoms with van der Waals surface area (Å²) in [4.78, 5) is 11.3. The van der Waals surface area contributed by atoms with Gasteiger partial charge >= 0.3 is 0 Å². The standard InChI is InChI=1S/C13H19FN2O2/c1-4-16-8-10-5-11(14)7-12(6-10)18-9(2)13(17)15-3/h5-7,9,16H,4,8H2,1-3H3,(H,15,17). The molecule has 0 aliphatic heterocycles. The van der Waals surface area contributed by atoms with Gasteiger partial charge in [0.05, 0.1) is 0 Å². The second kappa shape index (κ2) is 6.96. The number of likely N-dealkylation sites (N-methyl/N-ethyl adjacent to an activating group) is 1. The predicted octanol–water partition coefficient (Wildman–Crippen LogP) is 1.45. The van der Waals surface area contributed by atoms with E-state index >= 15 is 0 Å². The Bertz CT molecular complexity index is 410. The summed E-state index contributed by atoms with van der Waals surface area (Å²) in [5.41, 5.74) is 0.788. The molecule has 0 aliphatic rings. The third-order valence-corrected chi connectivity index (χ3v) is 2.44. The molecule has 1 unspecified atom stereocenters. The first-order valence-electron chi connectivity index (χ1n) is 5.95. The zero-order valence-corrected chi connectivity index (χ0v) is 10.9. The van der Waals surface area contributed by atoms with Crippen molar-refractivity contribution in [3.05, 3.63) is 29.6 Å². The quantitative estimate of drug-likeness (QED) is 0.808. The fourth-order valence-electron chi connectivity index (χ4n) is 1.52. The highest BCUT2D eigenvalue weighted by Crippen LogP contribution is 2.17. The lowest BCUT2D eigenvalue weighted by molar-refractivity contribution is -0.126. The van der Waals surface area contributed by atoms with E-state index in [1.165, 1.54) is 19.2 Å². The summed E-state index contributed by atoms with van der Waals surface area (Å²) in [6.07, 6.45) is -0.649. The van der Waals surface area contributed by atoms with Crippen LogP contribution in [0.15, 0.2) is 18.2 Å². The molecule has 1 aromatic carbocycles. The summed E-state index contributed by atoms with van der Waals surface area (Å²) in [5.74, 6) is -0.254. The third-order valence-electron chi connectivity index (χ3n) is 2.44. The van der Waals surface area contributed by atoms with Crippen LogP contribution in [0.5, 0.6) is 5.75 Å². The lowest BCUT2D eigenvalue weighted by Crippen LogP contribution is -2.33. The number of hydrogen-bond acceptors (Lipinski definition) is 3. The van der Waals surface area contributed by atoms with E-state index in [0.29, 0.717) is 12.3 Å². The van der Waals surface area contributed by atoms with Gasteiger partial charge in [0.15, 0.2) is 6.10 Å². The van der Waals surface area contributed by atoms with Gasteiger partial charge in [-0.05, 0) is 31.2 Å². The highest BCUT2D eigenvalue weighted by Gasteiger charge is 2.13. The van der Waals surface area contributed by atoms with E-state index < -0.39 is 6.10 Å². The highest BCUT2D eigenvalue weighted by molar-refractivity contribution is 5.80. The Balaban J connectivity index is 2.76. The maximum atomic E-state index is 13.4. The van der Waals surface area contributed by atoms with Crippen molar-refractivity contribution in [3.8, 4) is 5.75 Å². The Kier molecular flexibility index (Phi) is 5.58. The molecule has 18 heavy (non-hydrogen) atoms. The van der Waals surface area contributed by atoms with Gasteiger partial charge in [0.2, 0.25) is 0 Å². The van der Waals surface area contributed by atoms with Crippen molar-refractivity contribution in [2.45, 2.75) is 26.5 Å². The van der Waals surface area contributed by atoms with Crippen molar-refractivity contribution in [1.29, 1.82) is 0 Å². The van der Waals surface area contributed by atoms with Crippen molar-refractivity contribution >= 4 is 5.91 Å². The maximum Gasteiger partial charge on any atom is 0.260 e. The normalized spacial score (nSPS) is 12.0. The molecule has 0 aliphatic carbocycles. The maximum absolute atomic E-state index is 13.4. The molecule has 1 atom stereocenters. The molecule has 0 fully saturated rings. The second-order valence-corrected chi connectivity index (χ2v) is 3.95. The smallest absolute Gasteiger partial charge is 0.260 e. The second-order valence-electron chi connectivity index (χ2n) is 3.95. The summed E-state index contributed by atoms with van der Waals surface area (Å²) in [5, 5.41) is 5.58. The molecule has 100 valence electrons. The van der Waals surface area contributed by atoms with Crippen LogP contribution in [-0.4, -0.2) is 25.6 Å². The van der Waals surface area contributed by atoms with Gasteiger partial charge in [-0.25, -0.2) is 4.39 Å². The van der Waals surface area contributed by atoms with Crippen molar-refractivity contribution in [1.82, 2.24) is 10.6 Å². The summed E-state index contributed by atoms with van der Waals surface area (Å²) in [7, 11) is 1.53. The van der Waals surface area contributed by atoms with E-state index in [-0.39, 0.29) is 11.7 Å². The zero-order chi connectivity index (χ0) is 13.5. The molecule has 4 nitrogen and oxygen atoms in total.